The number of hydrogen-bond donors (Lipinski definition) is 2. The molecule has 25 heavy (non-hydrogen) atoms. The summed E-state index contributed by atoms with van der Waals surface area (Å²) < 4.78 is 0. The van der Waals surface area contributed by atoms with Crippen molar-refractivity contribution in [2.24, 2.45) is 0 Å². The van der Waals surface area contributed by atoms with Gasteiger partial charge in [0.15, 0.2) is 0 Å². The Morgan fingerprint density at radius 2 is 1.44 bits per heavy atom. The maximum atomic E-state index is 3.73. The van der Waals surface area contributed by atoms with Gasteiger partial charge < -0.3 is 10.3 Å². The predicted octanol–water partition coefficient (Wildman–Crippen LogP) is 5.99. The van der Waals surface area contributed by atoms with Crippen molar-refractivity contribution in [1.82, 2.24) is 4.98 Å². The van der Waals surface area contributed by atoms with Gasteiger partial charge in [-0.3, -0.25) is 0 Å². The molecule has 124 valence electrons. The summed E-state index contributed by atoms with van der Waals surface area (Å²) in [5, 5.41) is 5.00. The number of benzene rings is 3. The summed E-state index contributed by atoms with van der Waals surface area (Å²) >= 11 is 0. The lowest BCUT2D eigenvalue weighted by Crippen LogP contribution is -2.13. The summed E-state index contributed by atoms with van der Waals surface area (Å²) in [4.78, 5) is 3.53. The zero-order valence-corrected chi connectivity index (χ0v) is 14.6. The van der Waals surface area contributed by atoms with Gasteiger partial charge >= 0.3 is 0 Å². The summed E-state index contributed by atoms with van der Waals surface area (Å²) in [6.45, 7) is 4.28. The van der Waals surface area contributed by atoms with Crippen LogP contribution in [-0.4, -0.2) is 4.98 Å². The molecule has 0 saturated carbocycles. The van der Waals surface area contributed by atoms with E-state index in [9.17, 15) is 0 Å². The molecule has 2 N–H and O–H groups in total. The van der Waals surface area contributed by atoms with E-state index in [4.69, 9.17) is 0 Å². The van der Waals surface area contributed by atoms with Gasteiger partial charge in [-0.15, -0.1) is 0 Å². The number of rotatable bonds is 4. The zero-order valence-electron chi connectivity index (χ0n) is 14.6. The van der Waals surface area contributed by atoms with Crippen LogP contribution < -0.4 is 5.32 Å². The summed E-state index contributed by atoms with van der Waals surface area (Å²) in [5.41, 5.74) is 7.36. The number of para-hydroxylation sites is 2. The molecule has 1 unspecified atom stereocenters. The molecule has 0 aliphatic carbocycles. The summed E-state index contributed by atoms with van der Waals surface area (Å²) in [6, 6.07) is 27.8. The number of hydrogen-bond acceptors (Lipinski definition) is 1. The molecule has 4 aromatic rings. The van der Waals surface area contributed by atoms with Gasteiger partial charge in [-0.1, -0.05) is 66.2 Å². The monoisotopic (exact) mass is 326 g/mol. The first-order valence-electron chi connectivity index (χ1n) is 8.68. The Hall–Kier alpha value is -3.00. The Bertz CT molecular complexity index is 982. The normalized spacial score (nSPS) is 12.2. The van der Waals surface area contributed by atoms with E-state index in [0.29, 0.717) is 0 Å². The van der Waals surface area contributed by atoms with Crippen LogP contribution in [0.15, 0.2) is 78.9 Å². The fourth-order valence-electron chi connectivity index (χ4n) is 3.45. The van der Waals surface area contributed by atoms with Crippen LogP contribution in [-0.2, 0) is 0 Å². The maximum Gasteiger partial charge on any atom is 0.0790 e. The lowest BCUT2D eigenvalue weighted by molar-refractivity contribution is 0.932. The number of aromatic amines is 1. The smallest absolute Gasteiger partial charge is 0.0790 e. The van der Waals surface area contributed by atoms with E-state index in [1.165, 1.54) is 33.3 Å². The highest BCUT2D eigenvalue weighted by atomic mass is 14.9. The minimum absolute atomic E-state index is 0.0964. The molecule has 1 aromatic heterocycles. The van der Waals surface area contributed by atoms with Crippen molar-refractivity contribution in [2.45, 2.75) is 19.9 Å². The highest BCUT2D eigenvalue weighted by Gasteiger charge is 2.20. The molecule has 2 heteroatoms. The Morgan fingerprint density at radius 1 is 0.760 bits per heavy atom. The topological polar surface area (TPSA) is 27.8 Å². The number of fused-ring (bicyclic) bond motifs is 1. The van der Waals surface area contributed by atoms with E-state index in [-0.39, 0.29) is 6.04 Å². The van der Waals surface area contributed by atoms with Crippen LogP contribution in [0.5, 0.6) is 0 Å². The van der Waals surface area contributed by atoms with Gasteiger partial charge in [0.05, 0.1) is 6.04 Å². The van der Waals surface area contributed by atoms with Crippen LogP contribution in [0.3, 0.4) is 0 Å². The van der Waals surface area contributed by atoms with Crippen LogP contribution in [0.2, 0.25) is 0 Å². The van der Waals surface area contributed by atoms with Gasteiger partial charge in [0.25, 0.3) is 0 Å². The average molecular weight is 326 g/mol. The van der Waals surface area contributed by atoms with Crippen molar-refractivity contribution >= 4 is 16.6 Å². The Balaban J connectivity index is 1.87. The third-order valence-electron chi connectivity index (χ3n) is 4.73. The van der Waals surface area contributed by atoms with Crippen molar-refractivity contribution in [3.63, 3.8) is 0 Å². The first-order valence-corrected chi connectivity index (χ1v) is 8.68. The van der Waals surface area contributed by atoms with Gasteiger partial charge in [-0.25, -0.2) is 0 Å². The number of aromatic nitrogens is 1. The van der Waals surface area contributed by atoms with E-state index < -0.39 is 0 Å². The molecule has 0 saturated heterocycles. The quantitative estimate of drug-likeness (QED) is 0.474. The first kappa shape index (κ1) is 15.5. The highest BCUT2D eigenvalue weighted by molar-refractivity contribution is 5.86. The second-order valence-corrected chi connectivity index (χ2v) is 6.56. The predicted molar refractivity (Wildman–Crippen MR) is 106 cm³/mol. The van der Waals surface area contributed by atoms with Crippen molar-refractivity contribution < 1.29 is 0 Å². The Kier molecular flexibility index (Phi) is 4.02. The van der Waals surface area contributed by atoms with E-state index >= 15 is 0 Å². The first-order chi connectivity index (χ1) is 12.2. The third-order valence-corrected chi connectivity index (χ3v) is 4.73. The molecule has 0 aliphatic rings. The second kappa shape index (κ2) is 6.48. The second-order valence-electron chi connectivity index (χ2n) is 6.56. The number of aryl methyl sites for hydroxylation is 2. The van der Waals surface area contributed by atoms with Gasteiger partial charge in [0.2, 0.25) is 0 Å². The van der Waals surface area contributed by atoms with Crippen molar-refractivity contribution in [3.05, 3.63) is 101 Å². The standard InChI is InChI=1S/C23H22N2/c1-16-12-14-18(15-13-16)23(25-19-8-4-3-5-9-19)22-17(2)24-21-11-7-6-10-20(21)22/h3-15,23-25H,1-2H3. The van der Waals surface area contributed by atoms with Gasteiger partial charge in [0, 0.05) is 27.8 Å². The van der Waals surface area contributed by atoms with E-state index in [0.717, 1.165) is 5.69 Å². The third kappa shape index (κ3) is 3.03. The molecule has 0 radical (unpaired) electrons. The van der Waals surface area contributed by atoms with Gasteiger partial charge in [-0.2, -0.15) is 0 Å². The minimum Gasteiger partial charge on any atom is -0.374 e. The van der Waals surface area contributed by atoms with Crippen LogP contribution in [0.4, 0.5) is 5.69 Å². The van der Waals surface area contributed by atoms with Gasteiger partial charge in [0.1, 0.15) is 0 Å². The summed E-state index contributed by atoms with van der Waals surface area (Å²) in [5.74, 6) is 0. The van der Waals surface area contributed by atoms with Crippen molar-refractivity contribution in [1.29, 1.82) is 0 Å². The fraction of sp³-hybridized carbons (Fsp3) is 0.130. The molecular weight excluding hydrogens is 304 g/mol. The maximum absolute atomic E-state index is 3.73. The van der Waals surface area contributed by atoms with Crippen molar-refractivity contribution in [2.75, 3.05) is 5.32 Å². The zero-order chi connectivity index (χ0) is 17.2. The Morgan fingerprint density at radius 3 is 2.20 bits per heavy atom. The average Bonchev–Trinajstić information content (AvgIpc) is 2.97. The molecule has 0 spiro atoms. The molecule has 0 amide bonds. The molecule has 1 heterocycles. The molecule has 0 fully saturated rings. The van der Waals surface area contributed by atoms with Gasteiger partial charge in [-0.05, 0) is 37.6 Å². The highest BCUT2D eigenvalue weighted by Crippen LogP contribution is 2.34. The van der Waals surface area contributed by atoms with E-state index in [2.05, 4.69) is 96.9 Å². The molecule has 4 rings (SSSR count). The lowest BCUT2D eigenvalue weighted by Gasteiger charge is -2.22. The largest absolute Gasteiger partial charge is 0.374 e. The molecular formula is C23H22N2. The van der Waals surface area contributed by atoms with Crippen LogP contribution in [0.1, 0.15) is 28.4 Å². The van der Waals surface area contributed by atoms with Crippen LogP contribution in [0.25, 0.3) is 10.9 Å². The SMILES string of the molecule is Cc1ccc(C(Nc2ccccc2)c2c(C)[nH]c3ccccc23)cc1. The number of nitrogens with one attached hydrogen (secondary N) is 2. The lowest BCUT2D eigenvalue weighted by atomic mass is 9.95. The molecule has 1 atom stereocenters. The van der Waals surface area contributed by atoms with Crippen LogP contribution >= 0.6 is 0 Å². The number of H-pyrrole nitrogens is 1. The fourth-order valence-corrected chi connectivity index (χ4v) is 3.45. The minimum atomic E-state index is 0.0964. The van der Waals surface area contributed by atoms with Crippen LogP contribution in [0, 0.1) is 13.8 Å². The molecule has 2 nitrogen and oxygen atoms in total. The molecule has 3 aromatic carbocycles. The summed E-state index contributed by atoms with van der Waals surface area (Å²) in [7, 11) is 0. The molecule has 0 bridgehead atoms. The Labute approximate surface area is 148 Å². The number of anilines is 1. The van der Waals surface area contributed by atoms with E-state index in [1.54, 1.807) is 0 Å². The summed E-state index contributed by atoms with van der Waals surface area (Å²) in [6.07, 6.45) is 0. The van der Waals surface area contributed by atoms with E-state index in [1.807, 2.05) is 6.07 Å². The van der Waals surface area contributed by atoms with Crippen molar-refractivity contribution in [3.8, 4) is 0 Å². The molecule has 0 aliphatic heterocycles.